The lowest BCUT2D eigenvalue weighted by Crippen LogP contribution is -2.51. The molecule has 2 aromatic carbocycles. The molecule has 192 valence electrons. The maximum atomic E-state index is 12.6. The van der Waals surface area contributed by atoms with E-state index in [0.29, 0.717) is 24.1 Å². The first kappa shape index (κ1) is 26.8. The van der Waals surface area contributed by atoms with E-state index in [0.717, 1.165) is 19.3 Å². The van der Waals surface area contributed by atoms with Gasteiger partial charge in [0, 0.05) is 28.9 Å². The van der Waals surface area contributed by atoms with Crippen molar-refractivity contribution in [1.29, 1.82) is 5.41 Å². The molecule has 0 aliphatic heterocycles. The van der Waals surface area contributed by atoms with Gasteiger partial charge in [0.2, 0.25) is 10.0 Å². The SMILES string of the molecule is N=C(N)c1ccc(NC(=O)c2ccc(C(=O)NCC(NS(=O)(=O)C3CCCCC3)C(=O)O)cc2)cc1. The monoisotopic (exact) mass is 515 g/mol. The van der Waals surface area contributed by atoms with Crippen molar-refractivity contribution >= 4 is 39.3 Å². The number of nitrogens with one attached hydrogen (secondary N) is 4. The Kier molecular flexibility index (Phi) is 8.78. The number of hydrogen-bond acceptors (Lipinski definition) is 6. The van der Waals surface area contributed by atoms with Gasteiger partial charge in [0.1, 0.15) is 11.9 Å². The Labute approximate surface area is 209 Å². The quantitative estimate of drug-likeness (QED) is 0.205. The number of nitrogen functional groups attached to an aromatic ring is 1. The first-order valence-electron chi connectivity index (χ1n) is 11.4. The van der Waals surface area contributed by atoms with Crippen molar-refractivity contribution in [3.63, 3.8) is 0 Å². The Morgan fingerprint density at radius 3 is 1.97 bits per heavy atom. The molecule has 0 bridgehead atoms. The van der Waals surface area contributed by atoms with E-state index in [4.69, 9.17) is 11.1 Å². The third-order valence-electron chi connectivity index (χ3n) is 5.93. The molecule has 7 N–H and O–H groups in total. The van der Waals surface area contributed by atoms with Gasteiger partial charge in [-0.1, -0.05) is 19.3 Å². The van der Waals surface area contributed by atoms with E-state index >= 15 is 0 Å². The summed E-state index contributed by atoms with van der Waals surface area (Å²) in [6, 6.07) is 10.6. The lowest BCUT2D eigenvalue weighted by atomic mass is 10.0. The summed E-state index contributed by atoms with van der Waals surface area (Å²) in [5, 5.41) is 21.3. The van der Waals surface area contributed by atoms with Crippen LogP contribution in [0.1, 0.15) is 58.4 Å². The number of hydrogen-bond donors (Lipinski definition) is 6. The normalized spacial score (nSPS) is 15.0. The number of carboxylic acid groups (broad SMARTS) is 1. The van der Waals surface area contributed by atoms with Crippen molar-refractivity contribution in [2.24, 2.45) is 5.73 Å². The minimum absolute atomic E-state index is 0.0851. The van der Waals surface area contributed by atoms with E-state index in [1.165, 1.54) is 24.3 Å². The average molecular weight is 516 g/mol. The summed E-state index contributed by atoms with van der Waals surface area (Å²) in [6.07, 6.45) is 3.48. The van der Waals surface area contributed by atoms with Gasteiger partial charge < -0.3 is 21.5 Å². The number of benzene rings is 2. The number of anilines is 1. The zero-order valence-corrected chi connectivity index (χ0v) is 20.3. The summed E-state index contributed by atoms with van der Waals surface area (Å²) in [5.74, 6) is -2.50. The Morgan fingerprint density at radius 1 is 0.917 bits per heavy atom. The Bertz CT molecular complexity index is 1220. The Morgan fingerprint density at radius 2 is 1.44 bits per heavy atom. The zero-order valence-electron chi connectivity index (χ0n) is 19.5. The number of carboxylic acids is 1. The van der Waals surface area contributed by atoms with Crippen LogP contribution in [0, 0.1) is 5.41 Å². The number of rotatable bonds is 10. The fourth-order valence-corrected chi connectivity index (χ4v) is 5.58. The molecular formula is C24H29N5O6S. The molecule has 11 nitrogen and oxygen atoms in total. The number of sulfonamides is 1. The van der Waals surface area contributed by atoms with Gasteiger partial charge in [0.25, 0.3) is 11.8 Å². The highest BCUT2D eigenvalue weighted by Gasteiger charge is 2.32. The third kappa shape index (κ3) is 7.12. The first-order chi connectivity index (χ1) is 17.1. The van der Waals surface area contributed by atoms with E-state index in [1.54, 1.807) is 24.3 Å². The molecule has 12 heteroatoms. The van der Waals surface area contributed by atoms with Crippen molar-refractivity contribution in [1.82, 2.24) is 10.0 Å². The molecule has 1 atom stereocenters. The van der Waals surface area contributed by atoms with Crippen LogP contribution in [-0.4, -0.2) is 55.0 Å². The van der Waals surface area contributed by atoms with E-state index in [-0.39, 0.29) is 17.0 Å². The molecule has 0 radical (unpaired) electrons. The molecule has 1 aliphatic carbocycles. The van der Waals surface area contributed by atoms with Gasteiger partial charge in [-0.25, -0.2) is 8.42 Å². The van der Waals surface area contributed by atoms with Crippen LogP contribution in [0.15, 0.2) is 48.5 Å². The van der Waals surface area contributed by atoms with Gasteiger partial charge >= 0.3 is 5.97 Å². The molecule has 0 spiro atoms. The summed E-state index contributed by atoms with van der Waals surface area (Å²) in [6.45, 7) is -0.432. The molecule has 0 heterocycles. The number of aliphatic carboxylic acids is 1. The fourth-order valence-electron chi connectivity index (χ4n) is 3.86. The molecule has 36 heavy (non-hydrogen) atoms. The van der Waals surface area contributed by atoms with Crippen LogP contribution in [0.5, 0.6) is 0 Å². The Balaban J connectivity index is 1.56. The van der Waals surface area contributed by atoms with E-state index in [1.807, 2.05) is 0 Å². The van der Waals surface area contributed by atoms with Gasteiger partial charge in [-0.3, -0.25) is 19.8 Å². The van der Waals surface area contributed by atoms with Crippen LogP contribution in [0.2, 0.25) is 0 Å². The van der Waals surface area contributed by atoms with Gasteiger partial charge in [0.05, 0.1) is 5.25 Å². The molecule has 2 aromatic rings. The highest BCUT2D eigenvalue weighted by Crippen LogP contribution is 2.23. The molecule has 1 fully saturated rings. The van der Waals surface area contributed by atoms with Gasteiger partial charge in [-0.15, -0.1) is 0 Å². The second kappa shape index (κ2) is 11.8. The number of amidine groups is 1. The van der Waals surface area contributed by atoms with Crippen molar-refractivity contribution in [3.8, 4) is 0 Å². The summed E-state index contributed by atoms with van der Waals surface area (Å²) in [5.41, 5.74) is 6.90. The largest absolute Gasteiger partial charge is 0.480 e. The minimum atomic E-state index is -3.83. The van der Waals surface area contributed by atoms with Crippen LogP contribution in [-0.2, 0) is 14.8 Å². The predicted molar refractivity (Wildman–Crippen MR) is 135 cm³/mol. The number of amides is 2. The zero-order chi connectivity index (χ0) is 26.3. The lowest BCUT2D eigenvalue weighted by molar-refractivity contribution is -0.138. The Hall–Kier alpha value is -3.77. The predicted octanol–water partition coefficient (Wildman–Crippen LogP) is 1.66. The smallest absolute Gasteiger partial charge is 0.323 e. The number of carbonyl (C=O) groups is 3. The van der Waals surface area contributed by atoms with Crippen molar-refractivity contribution in [2.45, 2.75) is 43.4 Å². The van der Waals surface area contributed by atoms with Gasteiger partial charge in [-0.2, -0.15) is 4.72 Å². The molecular weight excluding hydrogens is 486 g/mol. The second-order valence-corrected chi connectivity index (χ2v) is 10.5. The number of carbonyl (C=O) groups excluding carboxylic acids is 2. The third-order valence-corrected chi connectivity index (χ3v) is 7.89. The average Bonchev–Trinajstić information content (AvgIpc) is 2.87. The van der Waals surface area contributed by atoms with Crippen LogP contribution >= 0.6 is 0 Å². The molecule has 0 saturated heterocycles. The second-order valence-electron chi connectivity index (χ2n) is 8.55. The van der Waals surface area contributed by atoms with Crippen LogP contribution in [0.4, 0.5) is 5.69 Å². The molecule has 1 unspecified atom stereocenters. The van der Waals surface area contributed by atoms with Crippen molar-refractivity contribution in [3.05, 3.63) is 65.2 Å². The fraction of sp³-hybridized carbons (Fsp3) is 0.333. The van der Waals surface area contributed by atoms with Gasteiger partial charge in [-0.05, 0) is 61.4 Å². The van der Waals surface area contributed by atoms with Crippen molar-refractivity contribution in [2.75, 3.05) is 11.9 Å². The van der Waals surface area contributed by atoms with Crippen LogP contribution in [0.25, 0.3) is 0 Å². The van der Waals surface area contributed by atoms with E-state index < -0.39 is 45.6 Å². The highest BCUT2D eigenvalue weighted by atomic mass is 32.2. The maximum absolute atomic E-state index is 12.6. The molecule has 2 amide bonds. The summed E-state index contributed by atoms with van der Waals surface area (Å²) < 4.78 is 27.3. The minimum Gasteiger partial charge on any atom is -0.480 e. The van der Waals surface area contributed by atoms with Crippen molar-refractivity contribution < 1.29 is 27.9 Å². The highest BCUT2D eigenvalue weighted by molar-refractivity contribution is 7.90. The molecule has 1 aliphatic rings. The standard InChI is InChI=1S/C24H29N5O6S/c25-21(26)15-10-12-18(13-11-15)28-23(31)17-8-6-16(7-9-17)22(30)27-14-20(24(32)33)29-36(34,35)19-4-2-1-3-5-19/h6-13,19-20,29H,1-5,14H2,(H3,25,26)(H,27,30)(H,28,31)(H,32,33). The van der Waals surface area contributed by atoms with E-state index in [9.17, 15) is 27.9 Å². The first-order valence-corrected chi connectivity index (χ1v) is 13.0. The van der Waals surface area contributed by atoms with Gasteiger partial charge in [0.15, 0.2) is 0 Å². The van der Waals surface area contributed by atoms with Crippen LogP contribution < -0.4 is 21.1 Å². The molecule has 0 aromatic heterocycles. The van der Waals surface area contributed by atoms with E-state index in [2.05, 4.69) is 15.4 Å². The van der Waals surface area contributed by atoms with Crippen LogP contribution in [0.3, 0.4) is 0 Å². The molecule has 3 rings (SSSR count). The molecule has 1 saturated carbocycles. The summed E-state index contributed by atoms with van der Waals surface area (Å²) in [7, 11) is -3.83. The topological polar surface area (TPSA) is 192 Å². The lowest BCUT2D eigenvalue weighted by Gasteiger charge is -2.24. The summed E-state index contributed by atoms with van der Waals surface area (Å²) >= 11 is 0. The summed E-state index contributed by atoms with van der Waals surface area (Å²) in [4.78, 5) is 36.5. The maximum Gasteiger partial charge on any atom is 0.323 e. The number of nitrogens with two attached hydrogens (primary N) is 1.